The zero-order valence-electron chi connectivity index (χ0n) is 18.4. The fraction of sp³-hybridized carbons (Fsp3) is 0.360. The molecule has 1 aliphatic carbocycles. The smallest absolute Gasteiger partial charge is 0.238 e. The van der Waals surface area contributed by atoms with E-state index in [-0.39, 0.29) is 11.7 Å². The molecule has 1 fully saturated rings. The summed E-state index contributed by atoms with van der Waals surface area (Å²) in [6, 6.07) is 11.6. The molecule has 0 unspecified atom stereocenters. The number of amides is 1. The number of fused-ring (bicyclic) bond motifs is 2. The van der Waals surface area contributed by atoms with Crippen molar-refractivity contribution in [3.05, 3.63) is 69.3 Å². The Kier molecular flexibility index (Phi) is 5.69. The summed E-state index contributed by atoms with van der Waals surface area (Å²) in [7, 11) is 5.47. The zero-order valence-corrected chi connectivity index (χ0v) is 20.0. The van der Waals surface area contributed by atoms with Crippen LogP contribution in [0, 0.1) is 0 Å². The monoisotopic (exact) mass is 482 g/mol. The molecule has 1 aliphatic heterocycles. The normalized spacial score (nSPS) is 16.9. The SMILES string of the molecule is COc1ccc(CN2C(=O)C3(CCC3)c3cc(C(=O)/C=C(\C)N(C)C)cc(Br)c32)cc1. The summed E-state index contributed by atoms with van der Waals surface area (Å²) >= 11 is 3.67. The van der Waals surface area contributed by atoms with Crippen molar-refractivity contribution < 1.29 is 14.3 Å². The number of allylic oxidation sites excluding steroid dienone is 2. The van der Waals surface area contributed by atoms with E-state index in [1.165, 1.54) is 0 Å². The van der Waals surface area contributed by atoms with Gasteiger partial charge in [-0.2, -0.15) is 0 Å². The first-order chi connectivity index (χ1) is 14.8. The van der Waals surface area contributed by atoms with Gasteiger partial charge in [-0.25, -0.2) is 0 Å². The van der Waals surface area contributed by atoms with E-state index >= 15 is 0 Å². The van der Waals surface area contributed by atoms with Crippen LogP contribution in [0.2, 0.25) is 0 Å². The maximum Gasteiger partial charge on any atom is 0.238 e. The van der Waals surface area contributed by atoms with Crippen molar-refractivity contribution in [2.24, 2.45) is 0 Å². The third-order valence-electron chi connectivity index (χ3n) is 6.54. The second-order valence-electron chi connectivity index (χ2n) is 8.57. The van der Waals surface area contributed by atoms with Crippen molar-refractivity contribution in [3.8, 4) is 5.75 Å². The van der Waals surface area contributed by atoms with Crippen LogP contribution in [-0.4, -0.2) is 37.8 Å². The van der Waals surface area contributed by atoms with E-state index in [1.54, 1.807) is 13.2 Å². The molecule has 2 aromatic carbocycles. The Labute approximate surface area is 191 Å². The van der Waals surface area contributed by atoms with E-state index in [4.69, 9.17) is 4.74 Å². The van der Waals surface area contributed by atoms with Gasteiger partial charge in [-0.1, -0.05) is 18.6 Å². The van der Waals surface area contributed by atoms with Crippen LogP contribution in [0.5, 0.6) is 5.75 Å². The van der Waals surface area contributed by atoms with Gasteiger partial charge in [0.2, 0.25) is 5.91 Å². The summed E-state index contributed by atoms with van der Waals surface area (Å²) in [4.78, 5) is 30.3. The van der Waals surface area contributed by atoms with Crippen LogP contribution in [0.3, 0.4) is 0 Å². The molecule has 2 aromatic rings. The molecule has 4 rings (SSSR count). The van der Waals surface area contributed by atoms with Crippen molar-refractivity contribution in [2.45, 2.75) is 38.1 Å². The molecule has 0 atom stereocenters. The summed E-state index contributed by atoms with van der Waals surface area (Å²) in [5.74, 6) is 0.873. The number of ether oxygens (including phenoxy) is 1. The van der Waals surface area contributed by atoms with Crippen LogP contribution in [-0.2, 0) is 16.8 Å². The number of hydrogen-bond acceptors (Lipinski definition) is 4. The van der Waals surface area contributed by atoms with Crippen LogP contribution in [0.25, 0.3) is 0 Å². The number of carbonyl (C=O) groups is 2. The molecular formula is C25H27BrN2O3. The van der Waals surface area contributed by atoms with Gasteiger partial charge in [-0.15, -0.1) is 0 Å². The van der Waals surface area contributed by atoms with Crippen molar-refractivity contribution in [1.82, 2.24) is 4.90 Å². The number of methoxy groups -OCH3 is 1. The van der Waals surface area contributed by atoms with Gasteiger partial charge < -0.3 is 14.5 Å². The number of carbonyl (C=O) groups excluding carboxylic acids is 2. The highest BCUT2D eigenvalue weighted by Crippen LogP contribution is 2.56. The Bertz CT molecular complexity index is 1070. The number of rotatable bonds is 6. The highest BCUT2D eigenvalue weighted by Gasteiger charge is 2.55. The van der Waals surface area contributed by atoms with Gasteiger partial charge in [0, 0.05) is 35.9 Å². The minimum atomic E-state index is -0.499. The summed E-state index contributed by atoms with van der Waals surface area (Å²) in [6.45, 7) is 2.40. The number of benzene rings is 2. The number of anilines is 1. The number of halogens is 1. The third-order valence-corrected chi connectivity index (χ3v) is 7.14. The van der Waals surface area contributed by atoms with Gasteiger partial charge in [0.25, 0.3) is 0 Å². The lowest BCUT2D eigenvalue weighted by atomic mass is 9.65. The molecule has 0 aromatic heterocycles. The van der Waals surface area contributed by atoms with Gasteiger partial charge in [0.05, 0.1) is 24.8 Å². The number of ketones is 1. The molecule has 5 nitrogen and oxygen atoms in total. The van der Waals surface area contributed by atoms with Crippen molar-refractivity contribution in [3.63, 3.8) is 0 Å². The standard InChI is InChI=1S/C25H27BrN2O3/c1-16(27(2)3)12-22(29)18-13-20-23(21(26)14-18)28(24(30)25(20)10-5-11-25)15-17-6-8-19(31-4)9-7-17/h6-9,12-14H,5,10-11,15H2,1-4H3/b16-12+. The molecule has 6 heteroatoms. The number of hydrogen-bond donors (Lipinski definition) is 0. The van der Waals surface area contributed by atoms with Crippen LogP contribution >= 0.6 is 15.9 Å². The minimum Gasteiger partial charge on any atom is -0.497 e. The van der Waals surface area contributed by atoms with Crippen molar-refractivity contribution in [1.29, 1.82) is 0 Å². The maximum atomic E-state index is 13.6. The van der Waals surface area contributed by atoms with E-state index in [0.29, 0.717) is 12.1 Å². The molecule has 2 aliphatic rings. The summed E-state index contributed by atoms with van der Waals surface area (Å²) < 4.78 is 6.03. The molecule has 1 saturated carbocycles. The van der Waals surface area contributed by atoms with E-state index in [2.05, 4.69) is 15.9 Å². The summed E-state index contributed by atoms with van der Waals surface area (Å²) in [6.07, 6.45) is 4.33. The van der Waals surface area contributed by atoms with Crippen molar-refractivity contribution in [2.75, 3.05) is 26.1 Å². The Hall–Kier alpha value is -2.60. The minimum absolute atomic E-state index is 0.0507. The van der Waals surface area contributed by atoms with E-state index < -0.39 is 5.41 Å². The highest BCUT2D eigenvalue weighted by molar-refractivity contribution is 9.10. The first-order valence-corrected chi connectivity index (χ1v) is 11.2. The summed E-state index contributed by atoms with van der Waals surface area (Å²) in [5.41, 5.74) is 3.90. The van der Waals surface area contributed by atoms with E-state index in [1.807, 2.05) is 67.2 Å². The topological polar surface area (TPSA) is 49.9 Å². The van der Waals surface area contributed by atoms with Crippen molar-refractivity contribution >= 4 is 33.3 Å². The van der Waals surface area contributed by atoms with Gasteiger partial charge in [0.15, 0.2) is 5.78 Å². The number of nitrogens with zero attached hydrogens (tertiary/aromatic N) is 2. The lowest BCUT2D eigenvalue weighted by molar-refractivity contribution is -0.126. The maximum absolute atomic E-state index is 13.6. The fourth-order valence-corrected chi connectivity index (χ4v) is 5.01. The fourth-order valence-electron chi connectivity index (χ4n) is 4.34. The highest BCUT2D eigenvalue weighted by atomic mass is 79.9. The molecule has 0 N–H and O–H groups in total. The van der Waals surface area contributed by atoms with Crippen LogP contribution in [0.4, 0.5) is 5.69 Å². The molecular weight excluding hydrogens is 456 g/mol. The largest absolute Gasteiger partial charge is 0.497 e. The first kappa shape index (κ1) is 21.6. The molecule has 162 valence electrons. The Morgan fingerprint density at radius 2 is 1.90 bits per heavy atom. The van der Waals surface area contributed by atoms with Gasteiger partial charge in [-0.05, 0) is 71.1 Å². The molecule has 1 heterocycles. The predicted octanol–water partition coefficient (Wildman–Crippen LogP) is 5.07. The molecule has 1 spiro atoms. The molecule has 1 amide bonds. The van der Waals surface area contributed by atoms with Crippen LogP contribution in [0.1, 0.15) is 47.7 Å². The van der Waals surface area contributed by atoms with Gasteiger partial charge in [0.1, 0.15) is 5.75 Å². The lowest BCUT2D eigenvalue weighted by Gasteiger charge is -2.37. The average Bonchev–Trinajstić information content (AvgIpc) is 2.96. The first-order valence-electron chi connectivity index (χ1n) is 10.5. The van der Waals surface area contributed by atoms with Gasteiger partial charge >= 0.3 is 0 Å². The third kappa shape index (κ3) is 3.67. The van der Waals surface area contributed by atoms with Crippen LogP contribution < -0.4 is 9.64 Å². The Morgan fingerprint density at radius 1 is 1.23 bits per heavy atom. The molecule has 31 heavy (non-hydrogen) atoms. The molecule has 0 bridgehead atoms. The second kappa shape index (κ2) is 8.15. The molecule has 0 saturated heterocycles. The summed E-state index contributed by atoms with van der Waals surface area (Å²) in [5, 5.41) is 0. The molecule has 0 radical (unpaired) electrons. The van der Waals surface area contributed by atoms with Gasteiger partial charge in [-0.3, -0.25) is 9.59 Å². The van der Waals surface area contributed by atoms with E-state index in [9.17, 15) is 9.59 Å². The lowest BCUT2D eigenvalue weighted by Crippen LogP contribution is -2.44. The Balaban J connectivity index is 1.74. The predicted molar refractivity (Wildman–Crippen MR) is 126 cm³/mol. The quantitative estimate of drug-likeness (QED) is 0.425. The average molecular weight is 483 g/mol. The Morgan fingerprint density at radius 3 is 2.45 bits per heavy atom. The second-order valence-corrected chi connectivity index (χ2v) is 9.43. The van der Waals surface area contributed by atoms with Crippen LogP contribution in [0.15, 0.2) is 52.6 Å². The zero-order chi connectivity index (χ0) is 22.3. The van der Waals surface area contributed by atoms with E-state index in [0.717, 1.165) is 52.0 Å².